The van der Waals surface area contributed by atoms with E-state index in [9.17, 15) is 4.79 Å². The molecule has 1 aliphatic carbocycles. The fraction of sp³-hybridized carbons (Fsp3) is 0.500. The molecule has 0 bridgehead atoms. The van der Waals surface area contributed by atoms with Gasteiger partial charge in [0, 0.05) is 25.5 Å². The molecule has 1 amide bonds. The van der Waals surface area contributed by atoms with Crippen LogP contribution in [0, 0.1) is 0 Å². The first-order valence-corrected chi connectivity index (χ1v) is 9.85. The number of nitrogens with one attached hydrogen (secondary N) is 1. The van der Waals surface area contributed by atoms with Crippen molar-refractivity contribution in [3.8, 4) is 0 Å². The van der Waals surface area contributed by atoms with Crippen LogP contribution >= 0.6 is 0 Å². The summed E-state index contributed by atoms with van der Waals surface area (Å²) in [6.07, 6.45) is 10.4. The lowest BCUT2D eigenvalue weighted by molar-refractivity contribution is -0.131. The lowest BCUT2D eigenvalue weighted by Gasteiger charge is -2.37. The lowest BCUT2D eigenvalue weighted by Crippen LogP contribution is -2.50. The summed E-state index contributed by atoms with van der Waals surface area (Å²) in [7, 11) is 2.14. The van der Waals surface area contributed by atoms with Crippen molar-refractivity contribution in [3.63, 3.8) is 0 Å². The molecule has 0 unspecified atom stereocenters. The Hall–Kier alpha value is -2.07. The molecule has 2 aromatic rings. The van der Waals surface area contributed by atoms with Crippen LogP contribution in [0.4, 0.5) is 0 Å². The molecule has 0 saturated heterocycles. The highest BCUT2D eigenvalue weighted by molar-refractivity contribution is 5.84. The molecule has 0 atom stereocenters. The molecule has 4 heteroatoms. The van der Waals surface area contributed by atoms with Crippen LogP contribution in [-0.4, -0.2) is 35.5 Å². The Morgan fingerprint density at radius 3 is 2.46 bits per heavy atom. The Kier molecular flexibility index (Phi) is 6.51. The standard InChI is InChI=1S/C22H31N3O/c1-24(19-20-11-4-2-5-12-20)16-10-15-23-21(26)22(13-6-3-7-14-22)25-17-8-9-18-25/h2,4-5,8-9,11-12,17-18H,3,6-7,10,13-16,19H2,1H3,(H,23,26). The third-order valence-corrected chi connectivity index (χ3v) is 5.50. The highest BCUT2D eigenvalue weighted by atomic mass is 16.2. The summed E-state index contributed by atoms with van der Waals surface area (Å²) in [5.41, 5.74) is 0.949. The van der Waals surface area contributed by atoms with Crippen molar-refractivity contribution in [2.45, 2.75) is 50.6 Å². The largest absolute Gasteiger partial charge is 0.354 e. The number of nitrogens with zero attached hydrogens (tertiary/aromatic N) is 2. The normalized spacial score (nSPS) is 16.5. The monoisotopic (exact) mass is 353 g/mol. The van der Waals surface area contributed by atoms with E-state index in [2.05, 4.69) is 46.1 Å². The fourth-order valence-corrected chi connectivity index (χ4v) is 4.05. The first-order chi connectivity index (χ1) is 12.7. The fourth-order valence-electron chi connectivity index (χ4n) is 4.05. The van der Waals surface area contributed by atoms with Crippen LogP contribution in [0.15, 0.2) is 54.9 Å². The summed E-state index contributed by atoms with van der Waals surface area (Å²) < 4.78 is 2.13. The van der Waals surface area contributed by atoms with E-state index in [1.54, 1.807) is 0 Å². The average Bonchev–Trinajstić information content (AvgIpc) is 3.22. The van der Waals surface area contributed by atoms with Gasteiger partial charge in [0.2, 0.25) is 5.91 Å². The highest BCUT2D eigenvalue weighted by Crippen LogP contribution is 2.35. The van der Waals surface area contributed by atoms with Crippen molar-refractivity contribution in [1.82, 2.24) is 14.8 Å². The van der Waals surface area contributed by atoms with Gasteiger partial charge in [0.25, 0.3) is 0 Å². The average molecular weight is 354 g/mol. The molecule has 1 aliphatic rings. The molecule has 1 fully saturated rings. The van der Waals surface area contributed by atoms with Gasteiger partial charge in [-0.1, -0.05) is 49.6 Å². The number of hydrogen-bond donors (Lipinski definition) is 1. The van der Waals surface area contributed by atoms with Crippen molar-refractivity contribution in [2.24, 2.45) is 0 Å². The van der Waals surface area contributed by atoms with Gasteiger partial charge in [-0.15, -0.1) is 0 Å². The van der Waals surface area contributed by atoms with Gasteiger partial charge in [0.15, 0.2) is 0 Å². The molecule has 26 heavy (non-hydrogen) atoms. The minimum atomic E-state index is -0.377. The van der Waals surface area contributed by atoms with E-state index in [1.807, 2.05) is 30.6 Å². The number of carbonyl (C=O) groups excluding carboxylic acids is 1. The lowest BCUT2D eigenvalue weighted by atomic mass is 9.80. The number of amides is 1. The van der Waals surface area contributed by atoms with Gasteiger partial charge in [-0.05, 0) is 50.6 Å². The first-order valence-electron chi connectivity index (χ1n) is 9.85. The zero-order valence-corrected chi connectivity index (χ0v) is 15.9. The Balaban J connectivity index is 1.47. The van der Waals surface area contributed by atoms with Gasteiger partial charge >= 0.3 is 0 Å². The van der Waals surface area contributed by atoms with Gasteiger partial charge in [-0.2, -0.15) is 0 Å². The molecule has 3 rings (SSSR count). The van der Waals surface area contributed by atoms with Gasteiger partial charge in [0.05, 0.1) is 0 Å². The molecule has 0 spiro atoms. The van der Waals surface area contributed by atoms with Crippen LogP contribution in [0.5, 0.6) is 0 Å². The van der Waals surface area contributed by atoms with Crippen molar-refractivity contribution in [3.05, 3.63) is 60.4 Å². The quantitative estimate of drug-likeness (QED) is 0.733. The third-order valence-electron chi connectivity index (χ3n) is 5.50. The maximum Gasteiger partial charge on any atom is 0.246 e. The molecule has 4 nitrogen and oxygen atoms in total. The second-order valence-corrected chi connectivity index (χ2v) is 7.52. The van der Waals surface area contributed by atoms with Gasteiger partial charge in [-0.25, -0.2) is 0 Å². The molecule has 140 valence electrons. The first kappa shape index (κ1) is 18.7. The summed E-state index contributed by atoms with van der Waals surface area (Å²) in [4.78, 5) is 15.3. The van der Waals surface area contributed by atoms with E-state index >= 15 is 0 Å². The van der Waals surface area contributed by atoms with Crippen molar-refractivity contribution in [1.29, 1.82) is 0 Å². The smallest absolute Gasteiger partial charge is 0.246 e. The maximum atomic E-state index is 13.0. The van der Waals surface area contributed by atoms with E-state index in [4.69, 9.17) is 0 Å². The SMILES string of the molecule is CN(CCCNC(=O)C1(n2cccc2)CCCCC1)Cc1ccccc1. The molecule has 1 N–H and O–H groups in total. The summed E-state index contributed by atoms with van der Waals surface area (Å²) in [5, 5.41) is 3.21. The number of carbonyl (C=O) groups is 1. The Labute approximate surface area is 157 Å². The minimum Gasteiger partial charge on any atom is -0.354 e. The van der Waals surface area contributed by atoms with Crippen LogP contribution in [0.25, 0.3) is 0 Å². The van der Waals surface area contributed by atoms with Crippen LogP contribution < -0.4 is 5.32 Å². The Morgan fingerprint density at radius 2 is 1.77 bits per heavy atom. The highest BCUT2D eigenvalue weighted by Gasteiger charge is 2.40. The summed E-state index contributed by atoms with van der Waals surface area (Å²) in [6, 6.07) is 14.5. The van der Waals surface area contributed by atoms with Crippen molar-refractivity contribution in [2.75, 3.05) is 20.1 Å². The maximum absolute atomic E-state index is 13.0. The second-order valence-electron chi connectivity index (χ2n) is 7.52. The van der Waals surface area contributed by atoms with Crippen LogP contribution in [0.3, 0.4) is 0 Å². The number of hydrogen-bond acceptors (Lipinski definition) is 2. The Morgan fingerprint density at radius 1 is 1.08 bits per heavy atom. The van der Waals surface area contributed by atoms with E-state index in [-0.39, 0.29) is 11.4 Å². The molecule has 1 saturated carbocycles. The van der Waals surface area contributed by atoms with E-state index in [0.717, 1.165) is 51.7 Å². The van der Waals surface area contributed by atoms with Crippen LogP contribution in [0.1, 0.15) is 44.1 Å². The minimum absolute atomic E-state index is 0.194. The van der Waals surface area contributed by atoms with E-state index < -0.39 is 0 Å². The zero-order valence-electron chi connectivity index (χ0n) is 15.9. The van der Waals surface area contributed by atoms with E-state index in [1.165, 1.54) is 12.0 Å². The Bertz CT molecular complexity index is 660. The summed E-state index contributed by atoms with van der Waals surface area (Å²) in [5.74, 6) is 0.194. The molecular formula is C22H31N3O. The van der Waals surface area contributed by atoms with E-state index in [0.29, 0.717) is 0 Å². The number of benzene rings is 1. The van der Waals surface area contributed by atoms with Crippen LogP contribution in [0.2, 0.25) is 0 Å². The predicted molar refractivity (Wildman–Crippen MR) is 106 cm³/mol. The zero-order chi connectivity index (χ0) is 18.2. The summed E-state index contributed by atoms with van der Waals surface area (Å²) >= 11 is 0. The molecule has 1 aromatic carbocycles. The predicted octanol–water partition coefficient (Wildman–Crippen LogP) is 3.79. The summed E-state index contributed by atoms with van der Waals surface area (Å²) in [6.45, 7) is 2.66. The van der Waals surface area contributed by atoms with Gasteiger partial charge in [-0.3, -0.25) is 4.79 Å². The van der Waals surface area contributed by atoms with Crippen molar-refractivity contribution >= 4 is 5.91 Å². The van der Waals surface area contributed by atoms with Crippen molar-refractivity contribution < 1.29 is 4.79 Å². The number of aromatic nitrogens is 1. The molecule has 0 aliphatic heterocycles. The number of rotatable bonds is 8. The topological polar surface area (TPSA) is 37.3 Å². The third kappa shape index (κ3) is 4.55. The van der Waals surface area contributed by atoms with Crippen LogP contribution in [-0.2, 0) is 16.9 Å². The molecule has 1 heterocycles. The second kappa shape index (κ2) is 9.04. The molecular weight excluding hydrogens is 322 g/mol. The van der Waals surface area contributed by atoms with Gasteiger partial charge in [0.1, 0.15) is 5.54 Å². The molecule has 0 radical (unpaired) electrons. The molecule has 1 aromatic heterocycles. The van der Waals surface area contributed by atoms with Gasteiger partial charge < -0.3 is 14.8 Å².